The summed E-state index contributed by atoms with van der Waals surface area (Å²) in [7, 11) is 0. The number of aromatic nitrogens is 2. The molecule has 0 radical (unpaired) electrons. The summed E-state index contributed by atoms with van der Waals surface area (Å²) in [6, 6.07) is 17.2. The van der Waals surface area contributed by atoms with Gasteiger partial charge in [-0.15, -0.1) is 0 Å². The third-order valence-electron chi connectivity index (χ3n) is 3.15. The highest BCUT2D eigenvalue weighted by molar-refractivity contribution is 9.10. The summed E-state index contributed by atoms with van der Waals surface area (Å²) in [5.41, 5.74) is 1.78. The Morgan fingerprint density at radius 3 is 2.57 bits per heavy atom. The Morgan fingerprint density at radius 1 is 1.09 bits per heavy atom. The van der Waals surface area contributed by atoms with Gasteiger partial charge in [-0.2, -0.15) is 4.98 Å². The van der Waals surface area contributed by atoms with E-state index in [1.165, 1.54) is 11.8 Å². The van der Waals surface area contributed by atoms with Crippen LogP contribution in [-0.4, -0.2) is 21.7 Å². The molecule has 0 aliphatic heterocycles. The minimum atomic E-state index is 0.0388. The highest BCUT2D eigenvalue weighted by Gasteiger charge is 2.11. The lowest BCUT2D eigenvalue weighted by molar-refractivity contribution is 0.102. The first kappa shape index (κ1) is 16.0. The van der Waals surface area contributed by atoms with E-state index >= 15 is 0 Å². The van der Waals surface area contributed by atoms with Crippen LogP contribution >= 0.6 is 27.7 Å². The molecule has 0 atom stereocenters. The van der Waals surface area contributed by atoms with Crippen LogP contribution in [0.15, 0.2) is 68.7 Å². The van der Waals surface area contributed by atoms with Gasteiger partial charge >= 0.3 is 0 Å². The van der Waals surface area contributed by atoms with Gasteiger partial charge in [-0.1, -0.05) is 75.3 Å². The largest absolute Gasteiger partial charge is 0.338 e. The second-order valence-corrected chi connectivity index (χ2v) is 6.71. The normalized spacial score (nSPS) is 10.7. The SMILES string of the molecule is O=C(CSc1noc(Cc2ccccc2)n1)c1ccc(Br)cc1. The zero-order valence-corrected chi connectivity index (χ0v) is 14.5. The lowest BCUT2D eigenvalue weighted by Gasteiger charge is -1.98. The molecule has 0 saturated heterocycles. The molecule has 0 aliphatic carbocycles. The second kappa shape index (κ2) is 7.57. The Bertz CT molecular complexity index is 788. The number of hydrogen-bond acceptors (Lipinski definition) is 5. The van der Waals surface area contributed by atoms with Gasteiger partial charge in [0.25, 0.3) is 0 Å². The minimum Gasteiger partial charge on any atom is -0.338 e. The fraction of sp³-hybridized carbons (Fsp3) is 0.118. The number of hydrogen-bond donors (Lipinski definition) is 0. The maximum atomic E-state index is 12.1. The van der Waals surface area contributed by atoms with Gasteiger partial charge in [-0.25, -0.2) is 0 Å². The number of nitrogens with zero attached hydrogens (tertiary/aromatic N) is 2. The molecule has 23 heavy (non-hydrogen) atoms. The zero-order valence-electron chi connectivity index (χ0n) is 12.1. The molecule has 0 amide bonds. The number of rotatable bonds is 6. The molecule has 0 spiro atoms. The molecule has 4 nitrogen and oxygen atoms in total. The van der Waals surface area contributed by atoms with Crippen LogP contribution in [0.1, 0.15) is 21.8 Å². The van der Waals surface area contributed by atoms with Crippen LogP contribution in [0.2, 0.25) is 0 Å². The molecule has 116 valence electrons. The van der Waals surface area contributed by atoms with E-state index in [9.17, 15) is 4.79 Å². The molecule has 2 aromatic carbocycles. The van der Waals surface area contributed by atoms with Crippen LogP contribution in [0, 0.1) is 0 Å². The molecule has 0 fully saturated rings. The Hall–Kier alpha value is -1.92. The van der Waals surface area contributed by atoms with Gasteiger partial charge in [-0.3, -0.25) is 4.79 Å². The molecule has 0 bridgehead atoms. The third-order valence-corrected chi connectivity index (χ3v) is 4.51. The van der Waals surface area contributed by atoms with Crippen LogP contribution in [-0.2, 0) is 6.42 Å². The van der Waals surface area contributed by atoms with Crippen LogP contribution in [0.4, 0.5) is 0 Å². The third kappa shape index (κ3) is 4.53. The zero-order chi connectivity index (χ0) is 16.1. The number of thioether (sulfide) groups is 1. The summed E-state index contributed by atoms with van der Waals surface area (Å²) in [4.78, 5) is 16.4. The summed E-state index contributed by atoms with van der Waals surface area (Å²) in [5, 5.41) is 4.40. The quantitative estimate of drug-likeness (QED) is 0.462. The van der Waals surface area contributed by atoms with E-state index in [2.05, 4.69) is 26.1 Å². The topological polar surface area (TPSA) is 56.0 Å². The summed E-state index contributed by atoms with van der Waals surface area (Å²) in [6.45, 7) is 0. The average molecular weight is 389 g/mol. The summed E-state index contributed by atoms with van der Waals surface area (Å²) in [6.07, 6.45) is 0.592. The highest BCUT2D eigenvalue weighted by Crippen LogP contribution is 2.18. The Labute approximate surface area is 146 Å². The second-order valence-electron chi connectivity index (χ2n) is 4.85. The Morgan fingerprint density at radius 2 is 1.83 bits per heavy atom. The predicted octanol–water partition coefficient (Wildman–Crippen LogP) is 4.40. The number of carbonyl (C=O) groups excluding carboxylic acids is 1. The molecule has 0 unspecified atom stereocenters. The van der Waals surface area contributed by atoms with Crippen molar-refractivity contribution < 1.29 is 9.32 Å². The molecule has 1 heterocycles. The molecule has 0 saturated carbocycles. The molecule has 1 aromatic heterocycles. The van der Waals surface area contributed by atoms with Crippen molar-refractivity contribution in [2.24, 2.45) is 0 Å². The van der Waals surface area contributed by atoms with E-state index in [4.69, 9.17) is 4.52 Å². The molecular weight excluding hydrogens is 376 g/mol. The number of carbonyl (C=O) groups is 1. The number of halogens is 1. The van der Waals surface area contributed by atoms with Crippen molar-refractivity contribution in [3.63, 3.8) is 0 Å². The predicted molar refractivity (Wildman–Crippen MR) is 92.7 cm³/mol. The fourth-order valence-electron chi connectivity index (χ4n) is 1.99. The first-order chi connectivity index (χ1) is 11.2. The molecule has 0 N–H and O–H groups in total. The van der Waals surface area contributed by atoms with Gasteiger partial charge in [0, 0.05) is 10.0 Å². The van der Waals surface area contributed by atoms with Gasteiger partial charge in [0.15, 0.2) is 5.78 Å². The van der Waals surface area contributed by atoms with Gasteiger partial charge in [0.1, 0.15) is 0 Å². The van der Waals surface area contributed by atoms with Gasteiger partial charge in [-0.05, 0) is 17.7 Å². The Kier molecular flexibility index (Phi) is 5.25. The van der Waals surface area contributed by atoms with Gasteiger partial charge in [0.05, 0.1) is 12.2 Å². The molecular formula is C17H13BrN2O2S. The van der Waals surface area contributed by atoms with Gasteiger partial charge < -0.3 is 4.52 Å². The summed E-state index contributed by atoms with van der Waals surface area (Å²) >= 11 is 4.63. The average Bonchev–Trinajstić information content (AvgIpc) is 3.02. The number of ketones is 1. The molecule has 0 aliphatic rings. The van der Waals surface area contributed by atoms with E-state index in [1.807, 2.05) is 42.5 Å². The van der Waals surface area contributed by atoms with Crippen LogP contribution < -0.4 is 0 Å². The molecule has 6 heteroatoms. The first-order valence-electron chi connectivity index (χ1n) is 6.99. The highest BCUT2D eigenvalue weighted by atomic mass is 79.9. The number of Topliss-reactive ketones (excluding diaryl/α,β-unsaturated/α-hetero) is 1. The summed E-state index contributed by atoms with van der Waals surface area (Å²) < 4.78 is 6.17. The van der Waals surface area contributed by atoms with Crippen molar-refractivity contribution in [2.75, 3.05) is 5.75 Å². The van der Waals surface area contributed by atoms with Crippen LogP contribution in [0.25, 0.3) is 0 Å². The van der Waals surface area contributed by atoms with Crippen molar-refractivity contribution in [2.45, 2.75) is 11.6 Å². The first-order valence-corrected chi connectivity index (χ1v) is 8.76. The molecule has 3 rings (SSSR count). The lowest BCUT2D eigenvalue weighted by atomic mass is 10.2. The van der Waals surface area contributed by atoms with Gasteiger partial charge in [0.2, 0.25) is 11.0 Å². The van der Waals surface area contributed by atoms with E-state index in [1.54, 1.807) is 12.1 Å². The summed E-state index contributed by atoms with van der Waals surface area (Å²) in [5.74, 6) is 0.873. The van der Waals surface area contributed by atoms with Crippen molar-refractivity contribution in [1.29, 1.82) is 0 Å². The smallest absolute Gasteiger partial charge is 0.231 e. The number of benzene rings is 2. The minimum absolute atomic E-state index is 0.0388. The van der Waals surface area contributed by atoms with Crippen molar-refractivity contribution in [3.05, 3.63) is 76.1 Å². The Balaban J connectivity index is 1.57. The fourth-order valence-corrected chi connectivity index (χ4v) is 2.94. The molecule has 3 aromatic rings. The van der Waals surface area contributed by atoms with Crippen LogP contribution in [0.3, 0.4) is 0 Å². The van der Waals surface area contributed by atoms with Crippen molar-refractivity contribution in [3.8, 4) is 0 Å². The maximum Gasteiger partial charge on any atom is 0.231 e. The van der Waals surface area contributed by atoms with Crippen molar-refractivity contribution in [1.82, 2.24) is 10.1 Å². The van der Waals surface area contributed by atoms with E-state index in [-0.39, 0.29) is 11.5 Å². The lowest BCUT2D eigenvalue weighted by Crippen LogP contribution is -2.02. The van der Waals surface area contributed by atoms with Crippen molar-refractivity contribution >= 4 is 33.5 Å². The standard InChI is InChI=1S/C17H13BrN2O2S/c18-14-8-6-13(7-9-14)15(21)11-23-17-19-16(22-20-17)10-12-4-2-1-3-5-12/h1-9H,10-11H2. The van der Waals surface area contributed by atoms with Crippen LogP contribution in [0.5, 0.6) is 0 Å². The van der Waals surface area contributed by atoms with E-state index in [0.717, 1.165) is 10.0 Å². The van der Waals surface area contributed by atoms with E-state index in [0.29, 0.717) is 23.0 Å². The maximum absolute atomic E-state index is 12.1. The van der Waals surface area contributed by atoms with E-state index < -0.39 is 0 Å². The monoisotopic (exact) mass is 388 g/mol.